The lowest BCUT2D eigenvalue weighted by molar-refractivity contribution is 0.0326. The van der Waals surface area contributed by atoms with E-state index >= 15 is 0 Å². The van der Waals surface area contributed by atoms with Gasteiger partial charge in [-0.1, -0.05) is 111 Å². The molecule has 0 aliphatic rings. The minimum Gasteiger partial charge on any atom is -0.131 e. The smallest absolute Gasteiger partial charge is 0.0173 e. The van der Waals surface area contributed by atoms with Crippen molar-refractivity contribution in [2.24, 2.45) is 16.2 Å². The summed E-state index contributed by atoms with van der Waals surface area (Å²) < 4.78 is 0. The van der Waals surface area contributed by atoms with Crippen LogP contribution in [0.1, 0.15) is 152 Å². The van der Waals surface area contributed by atoms with Gasteiger partial charge in [0.05, 0.1) is 0 Å². The van der Waals surface area contributed by atoms with Gasteiger partial charge in [-0.15, -0.1) is 9.24 Å². The van der Waals surface area contributed by atoms with Crippen LogP contribution in [-0.2, 0) is 0 Å². The van der Waals surface area contributed by atoms with Crippen molar-refractivity contribution in [1.82, 2.24) is 0 Å². The van der Waals surface area contributed by atoms with E-state index in [0.717, 1.165) is 0 Å². The first kappa shape index (κ1) is 31.9. The van der Waals surface area contributed by atoms with Crippen LogP contribution in [0.4, 0.5) is 0 Å². The quantitative estimate of drug-likeness (QED) is 0.101. The molecule has 0 bridgehead atoms. The molecule has 0 aromatic carbocycles. The van der Waals surface area contributed by atoms with Gasteiger partial charge >= 0.3 is 0 Å². The monoisotopic (exact) mass is 464 g/mol. The van der Waals surface area contributed by atoms with Crippen molar-refractivity contribution in [2.75, 3.05) is 0 Å². The maximum atomic E-state index is 3.23. The van der Waals surface area contributed by atoms with Crippen LogP contribution in [0.2, 0.25) is 0 Å². The Balaban J connectivity index is 4.52. The van der Waals surface area contributed by atoms with Gasteiger partial charge in [-0.25, -0.2) is 0 Å². The molecule has 0 aliphatic heterocycles. The summed E-state index contributed by atoms with van der Waals surface area (Å²) in [6.07, 6.45) is 27.8. The maximum absolute atomic E-state index is 3.23. The summed E-state index contributed by atoms with van der Waals surface area (Å²) in [5, 5.41) is 0.346. The van der Waals surface area contributed by atoms with Crippen molar-refractivity contribution < 1.29 is 0 Å². The van der Waals surface area contributed by atoms with E-state index in [-0.39, 0.29) is 0 Å². The summed E-state index contributed by atoms with van der Waals surface area (Å²) in [4.78, 5) is 0. The predicted molar refractivity (Wildman–Crippen MR) is 154 cm³/mol. The third kappa shape index (κ3) is 14.9. The molecule has 0 heterocycles. The lowest BCUT2D eigenvalue weighted by Gasteiger charge is -2.49. The molecule has 2 unspecified atom stereocenters. The summed E-state index contributed by atoms with van der Waals surface area (Å²) >= 11 is 0. The number of allylic oxidation sites excluding steroid dienone is 4. The molecule has 0 fully saturated rings. The highest BCUT2D eigenvalue weighted by molar-refractivity contribution is 7.18. The van der Waals surface area contributed by atoms with Crippen LogP contribution in [-0.4, -0.2) is 5.16 Å². The van der Waals surface area contributed by atoms with Crippen LogP contribution in [0.3, 0.4) is 0 Å². The van der Waals surface area contributed by atoms with E-state index in [1.165, 1.54) is 89.9 Å². The second-order valence-corrected chi connectivity index (χ2v) is 14.4. The molecule has 0 nitrogen and oxygen atoms in total. The fraction of sp³-hybridized carbons (Fsp3) is 0.871. The molecule has 0 aromatic heterocycles. The fourth-order valence-corrected chi connectivity index (χ4v) is 6.27. The third-order valence-electron chi connectivity index (χ3n) is 7.91. The zero-order valence-corrected chi connectivity index (χ0v) is 24.9. The molecular weight excluding hydrogens is 403 g/mol. The number of unbranched alkanes of at least 4 members (excludes halogenated alkanes) is 8. The number of hydrogen-bond acceptors (Lipinski definition) is 0. The lowest BCUT2D eigenvalue weighted by atomic mass is 9.58. The standard InChI is InChI=1S/C31H61P/c1-10-12-14-16-18-19-20-22-24-28(3,4)26-29(5,6)30(7,8)27-31(9,32)25-23-21-17-15-13-11-2/h10-13H,14-27,32H2,1-9H3/b12-10+,13-11+. The van der Waals surface area contributed by atoms with Crippen LogP contribution in [0.5, 0.6) is 0 Å². The average Bonchev–Trinajstić information content (AvgIpc) is 2.64. The molecule has 0 aromatic rings. The van der Waals surface area contributed by atoms with Crippen molar-refractivity contribution in [3.8, 4) is 0 Å². The Kier molecular flexibility index (Phi) is 15.7. The first-order chi connectivity index (χ1) is 14.8. The van der Waals surface area contributed by atoms with Gasteiger partial charge in [0, 0.05) is 0 Å². The zero-order valence-electron chi connectivity index (χ0n) is 23.8. The largest absolute Gasteiger partial charge is 0.131 e. The molecule has 0 spiro atoms. The molecule has 0 aliphatic carbocycles. The van der Waals surface area contributed by atoms with Crippen LogP contribution in [0.25, 0.3) is 0 Å². The van der Waals surface area contributed by atoms with E-state index < -0.39 is 0 Å². The first-order valence-corrected chi connectivity index (χ1v) is 14.4. The zero-order chi connectivity index (χ0) is 24.7. The minimum absolute atomic E-state index is 0.332. The van der Waals surface area contributed by atoms with Crippen LogP contribution >= 0.6 is 9.24 Å². The van der Waals surface area contributed by atoms with Gasteiger partial charge in [-0.2, -0.15) is 0 Å². The van der Waals surface area contributed by atoms with Crippen LogP contribution in [0.15, 0.2) is 24.3 Å². The van der Waals surface area contributed by atoms with Gasteiger partial charge in [0.2, 0.25) is 0 Å². The summed E-state index contributed by atoms with van der Waals surface area (Å²) in [7, 11) is 3.23. The van der Waals surface area contributed by atoms with Crippen molar-refractivity contribution >= 4 is 9.24 Å². The number of rotatable bonds is 19. The summed E-state index contributed by atoms with van der Waals surface area (Å²) in [5.74, 6) is 0. The second-order valence-electron chi connectivity index (χ2n) is 13.0. The number of hydrogen-bond donors (Lipinski definition) is 0. The Morgan fingerprint density at radius 2 is 0.938 bits per heavy atom. The minimum atomic E-state index is 0.332. The Labute approximate surface area is 207 Å². The summed E-state index contributed by atoms with van der Waals surface area (Å²) in [6, 6.07) is 0. The molecule has 0 rings (SSSR count). The normalized spacial score (nSPS) is 15.7. The van der Waals surface area contributed by atoms with E-state index in [9.17, 15) is 0 Å². The molecule has 0 radical (unpaired) electrons. The van der Waals surface area contributed by atoms with Gasteiger partial charge in [0.25, 0.3) is 0 Å². The van der Waals surface area contributed by atoms with E-state index in [2.05, 4.69) is 95.9 Å². The molecule has 190 valence electrons. The third-order valence-corrected chi connectivity index (χ3v) is 8.41. The SMILES string of the molecule is C/C=C/CCCCCCCC(C)(C)CC(C)(C)C(C)(C)CC(C)(P)CCCCC/C=C/C. The lowest BCUT2D eigenvalue weighted by Crippen LogP contribution is -2.40. The molecule has 0 N–H and O–H groups in total. The highest BCUT2D eigenvalue weighted by Crippen LogP contribution is 2.53. The van der Waals surface area contributed by atoms with E-state index in [4.69, 9.17) is 0 Å². The second kappa shape index (κ2) is 15.7. The van der Waals surface area contributed by atoms with Gasteiger partial charge in [0.15, 0.2) is 0 Å². The van der Waals surface area contributed by atoms with Gasteiger partial charge in [-0.3, -0.25) is 0 Å². The van der Waals surface area contributed by atoms with Crippen LogP contribution in [0, 0.1) is 16.2 Å². The molecule has 0 amide bonds. The highest BCUT2D eigenvalue weighted by Gasteiger charge is 2.43. The molecule has 2 atom stereocenters. The Hall–Kier alpha value is -0.0900. The summed E-state index contributed by atoms with van der Waals surface area (Å²) in [6.45, 7) is 21.9. The molecule has 0 saturated heterocycles. The first-order valence-electron chi connectivity index (χ1n) is 13.8. The van der Waals surface area contributed by atoms with Crippen molar-refractivity contribution in [2.45, 2.75) is 157 Å². The Morgan fingerprint density at radius 3 is 1.47 bits per heavy atom. The Bertz CT molecular complexity index is 519. The molecule has 32 heavy (non-hydrogen) atoms. The van der Waals surface area contributed by atoms with Gasteiger partial charge in [0.1, 0.15) is 0 Å². The summed E-state index contributed by atoms with van der Waals surface area (Å²) in [5.41, 5.74) is 1.10. The van der Waals surface area contributed by atoms with Gasteiger partial charge < -0.3 is 0 Å². The van der Waals surface area contributed by atoms with Crippen molar-refractivity contribution in [1.29, 1.82) is 0 Å². The van der Waals surface area contributed by atoms with E-state index in [1.807, 2.05) is 0 Å². The predicted octanol–water partition coefficient (Wildman–Crippen LogP) is 11.3. The van der Waals surface area contributed by atoms with Crippen molar-refractivity contribution in [3.63, 3.8) is 0 Å². The van der Waals surface area contributed by atoms with E-state index in [0.29, 0.717) is 21.4 Å². The molecule has 0 saturated carbocycles. The molecular formula is C31H61P. The maximum Gasteiger partial charge on any atom is -0.0173 e. The highest BCUT2D eigenvalue weighted by atomic mass is 31.0. The van der Waals surface area contributed by atoms with Gasteiger partial charge in [-0.05, 0) is 86.6 Å². The van der Waals surface area contributed by atoms with E-state index in [1.54, 1.807) is 0 Å². The molecule has 1 heteroatoms. The van der Waals surface area contributed by atoms with Crippen LogP contribution < -0.4 is 0 Å². The Morgan fingerprint density at radius 1 is 0.531 bits per heavy atom. The van der Waals surface area contributed by atoms with Crippen molar-refractivity contribution in [3.05, 3.63) is 24.3 Å². The average molecular weight is 465 g/mol. The fourth-order valence-electron chi connectivity index (χ4n) is 5.56. The topological polar surface area (TPSA) is 0 Å².